The molecule has 0 unspecified atom stereocenters. The lowest BCUT2D eigenvalue weighted by Crippen LogP contribution is -2.40. The summed E-state index contributed by atoms with van der Waals surface area (Å²) >= 11 is 0. The minimum absolute atomic E-state index is 0.0651. The van der Waals surface area contributed by atoms with Crippen LogP contribution in [-0.4, -0.2) is 56.5 Å². The molecule has 3 aromatic rings. The van der Waals surface area contributed by atoms with Crippen molar-refractivity contribution >= 4 is 46.1 Å². The lowest BCUT2D eigenvalue weighted by molar-refractivity contribution is -0.119. The number of likely N-dealkylation sites (tertiary alicyclic amines) is 1. The molecule has 2 aliphatic rings. The van der Waals surface area contributed by atoms with Gasteiger partial charge in [0.2, 0.25) is 5.91 Å². The fourth-order valence-corrected chi connectivity index (χ4v) is 5.02. The number of carbonyl (C=O) groups is 3. The summed E-state index contributed by atoms with van der Waals surface area (Å²) in [4.78, 5) is 42.0. The van der Waals surface area contributed by atoms with Gasteiger partial charge in [-0.25, -0.2) is 4.79 Å². The van der Waals surface area contributed by atoms with E-state index in [0.717, 1.165) is 42.9 Å². The van der Waals surface area contributed by atoms with Gasteiger partial charge in [-0.2, -0.15) is 0 Å². The van der Waals surface area contributed by atoms with Crippen LogP contribution < -0.4 is 15.5 Å². The summed E-state index contributed by atoms with van der Waals surface area (Å²) in [6.07, 6.45) is 3.52. The maximum absolute atomic E-state index is 13.2. The van der Waals surface area contributed by atoms with Gasteiger partial charge in [0.1, 0.15) is 0 Å². The third kappa shape index (κ3) is 5.71. The molecule has 0 spiro atoms. The quantitative estimate of drug-likeness (QED) is 0.339. The number of hydrogen-bond acceptors (Lipinski definition) is 6. The normalized spacial score (nSPS) is 16.2. The average molecular weight is 525 g/mol. The largest absolute Gasteiger partial charge is 0.465 e. The van der Waals surface area contributed by atoms with Crippen LogP contribution in [0.25, 0.3) is 11.3 Å². The Morgan fingerprint density at radius 2 is 1.67 bits per heavy atom. The second-order valence-electron chi connectivity index (χ2n) is 9.78. The minimum Gasteiger partial charge on any atom is -0.465 e. The maximum Gasteiger partial charge on any atom is 0.337 e. The zero-order valence-electron chi connectivity index (χ0n) is 22.2. The molecular weight excluding hydrogens is 492 g/mol. The molecule has 200 valence electrons. The number of hydrogen-bond donors (Lipinski definition) is 2. The van der Waals surface area contributed by atoms with Crippen molar-refractivity contribution in [3.8, 4) is 0 Å². The molecule has 2 N–H and O–H groups in total. The molecule has 1 saturated heterocycles. The van der Waals surface area contributed by atoms with Crippen LogP contribution in [-0.2, 0) is 14.3 Å². The number of benzene rings is 3. The van der Waals surface area contributed by atoms with Crippen LogP contribution in [0.1, 0.15) is 40.7 Å². The van der Waals surface area contributed by atoms with Crippen molar-refractivity contribution in [2.75, 3.05) is 49.3 Å². The van der Waals surface area contributed by atoms with Gasteiger partial charge in [0.25, 0.3) is 5.91 Å². The molecule has 0 aromatic heterocycles. The van der Waals surface area contributed by atoms with Gasteiger partial charge >= 0.3 is 5.97 Å². The Balaban J connectivity index is 1.42. The third-order valence-electron chi connectivity index (χ3n) is 7.20. The van der Waals surface area contributed by atoms with E-state index < -0.39 is 5.97 Å². The zero-order valence-corrected chi connectivity index (χ0v) is 22.2. The SMILES string of the molecule is COC(=O)c1ccc2c(c1)NC(=O)/C2=C(\Nc1ccc(N(C)C(=O)CN2CCCCC2)cc1)c1ccccc1. The van der Waals surface area contributed by atoms with Crippen LogP contribution in [0.2, 0.25) is 0 Å². The molecule has 3 aromatic carbocycles. The van der Waals surface area contributed by atoms with Gasteiger partial charge < -0.3 is 20.3 Å². The Hall–Kier alpha value is -4.43. The van der Waals surface area contributed by atoms with Crippen LogP contribution in [0.3, 0.4) is 0 Å². The first-order valence-corrected chi connectivity index (χ1v) is 13.1. The summed E-state index contributed by atoms with van der Waals surface area (Å²) in [5.74, 6) is -0.668. The van der Waals surface area contributed by atoms with Crippen LogP contribution in [0.5, 0.6) is 0 Å². The monoisotopic (exact) mass is 524 g/mol. The minimum atomic E-state index is -0.467. The molecule has 0 bridgehead atoms. The van der Waals surface area contributed by atoms with Crippen LogP contribution in [0, 0.1) is 0 Å². The van der Waals surface area contributed by atoms with E-state index in [0.29, 0.717) is 34.6 Å². The van der Waals surface area contributed by atoms with E-state index in [1.54, 1.807) is 30.1 Å². The highest BCUT2D eigenvalue weighted by Crippen LogP contribution is 2.38. The first kappa shape index (κ1) is 26.2. The van der Waals surface area contributed by atoms with Gasteiger partial charge in [-0.3, -0.25) is 14.5 Å². The molecule has 8 heteroatoms. The molecule has 0 atom stereocenters. The van der Waals surface area contributed by atoms with Crippen molar-refractivity contribution in [1.29, 1.82) is 0 Å². The Kier molecular flexibility index (Phi) is 7.74. The van der Waals surface area contributed by atoms with Crippen molar-refractivity contribution in [1.82, 2.24) is 4.90 Å². The molecule has 2 aliphatic heterocycles. The van der Waals surface area contributed by atoms with E-state index in [2.05, 4.69) is 15.5 Å². The molecule has 5 rings (SSSR count). The second-order valence-corrected chi connectivity index (χ2v) is 9.78. The fraction of sp³-hybridized carbons (Fsp3) is 0.258. The number of amides is 2. The highest BCUT2D eigenvalue weighted by Gasteiger charge is 2.29. The zero-order chi connectivity index (χ0) is 27.4. The first-order chi connectivity index (χ1) is 18.9. The summed E-state index contributed by atoms with van der Waals surface area (Å²) in [6, 6.07) is 22.2. The summed E-state index contributed by atoms with van der Waals surface area (Å²) in [7, 11) is 3.12. The molecule has 1 fully saturated rings. The van der Waals surface area contributed by atoms with Crippen molar-refractivity contribution in [3.63, 3.8) is 0 Å². The number of esters is 1. The fourth-order valence-electron chi connectivity index (χ4n) is 5.02. The van der Waals surface area contributed by atoms with Crippen molar-refractivity contribution < 1.29 is 19.1 Å². The molecule has 8 nitrogen and oxygen atoms in total. The topological polar surface area (TPSA) is 91.0 Å². The number of carbonyl (C=O) groups excluding carboxylic acids is 3. The van der Waals surface area contributed by atoms with Crippen LogP contribution in [0.15, 0.2) is 72.8 Å². The summed E-state index contributed by atoms with van der Waals surface area (Å²) in [6.45, 7) is 2.37. The number of fused-ring (bicyclic) bond motifs is 1. The predicted molar refractivity (Wildman–Crippen MR) is 153 cm³/mol. The highest BCUT2D eigenvalue weighted by molar-refractivity contribution is 6.37. The van der Waals surface area contributed by atoms with Crippen LogP contribution in [0.4, 0.5) is 17.1 Å². The van der Waals surface area contributed by atoms with Crippen molar-refractivity contribution in [2.45, 2.75) is 19.3 Å². The second kappa shape index (κ2) is 11.5. The van der Waals surface area contributed by atoms with E-state index >= 15 is 0 Å². The molecule has 2 heterocycles. The Labute approximate surface area is 228 Å². The molecule has 0 aliphatic carbocycles. The third-order valence-corrected chi connectivity index (χ3v) is 7.20. The van der Waals surface area contributed by atoms with E-state index in [9.17, 15) is 14.4 Å². The van der Waals surface area contributed by atoms with E-state index in [4.69, 9.17) is 4.74 Å². The van der Waals surface area contributed by atoms with Gasteiger partial charge in [0.15, 0.2) is 0 Å². The molecule has 39 heavy (non-hydrogen) atoms. The molecule has 0 saturated carbocycles. The van der Waals surface area contributed by atoms with Gasteiger partial charge in [-0.1, -0.05) is 42.8 Å². The lowest BCUT2D eigenvalue weighted by Gasteiger charge is -2.28. The van der Waals surface area contributed by atoms with Gasteiger partial charge in [-0.05, 0) is 67.9 Å². The van der Waals surface area contributed by atoms with E-state index in [1.165, 1.54) is 13.5 Å². The molecule has 0 radical (unpaired) electrons. The smallest absolute Gasteiger partial charge is 0.337 e. The summed E-state index contributed by atoms with van der Waals surface area (Å²) in [5.41, 5.74) is 5.14. The number of rotatable bonds is 7. The molecule has 2 amide bonds. The highest BCUT2D eigenvalue weighted by atomic mass is 16.5. The van der Waals surface area contributed by atoms with Crippen molar-refractivity contribution in [2.24, 2.45) is 0 Å². The van der Waals surface area contributed by atoms with E-state index in [-0.39, 0.29) is 11.8 Å². The Bertz CT molecular complexity index is 1410. The number of ether oxygens (including phenoxy) is 1. The average Bonchev–Trinajstić information content (AvgIpc) is 3.31. The van der Waals surface area contributed by atoms with Gasteiger partial charge in [-0.15, -0.1) is 0 Å². The summed E-state index contributed by atoms with van der Waals surface area (Å²) in [5, 5.41) is 6.31. The summed E-state index contributed by atoms with van der Waals surface area (Å²) < 4.78 is 4.82. The van der Waals surface area contributed by atoms with Gasteiger partial charge in [0, 0.05) is 24.0 Å². The Morgan fingerprint density at radius 1 is 0.949 bits per heavy atom. The number of piperidine rings is 1. The number of nitrogens with one attached hydrogen (secondary N) is 2. The standard InChI is InChI=1S/C31H32N4O4/c1-34(27(36)20-35-17-7-4-8-18-35)24-14-12-23(13-15-24)32-29(21-9-5-3-6-10-21)28-25-16-11-22(31(38)39-2)19-26(25)33-30(28)37/h3,5-6,9-16,19,32H,4,7-8,17-18,20H2,1-2H3,(H,33,37)/b29-28-. The molecular formula is C31H32N4O4. The number of anilines is 3. The predicted octanol–water partition coefficient (Wildman–Crippen LogP) is 4.85. The van der Waals surface area contributed by atoms with E-state index in [1.807, 2.05) is 54.6 Å². The maximum atomic E-state index is 13.2. The number of likely N-dealkylation sites (N-methyl/N-ethyl adjacent to an activating group) is 1. The first-order valence-electron chi connectivity index (χ1n) is 13.1. The lowest BCUT2D eigenvalue weighted by atomic mass is 9.99. The number of nitrogens with zero attached hydrogens (tertiary/aromatic N) is 2. The number of methoxy groups -OCH3 is 1. The van der Waals surface area contributed by atoms with Gasteiger partial charge in [0.05, 0.1) is 36.2 Å². The Morgan fingerprint density at radius 3 is 2.36 bits per heavy atom. The van der Waals surface area contributed by atoms with Crippen LogP contribution >= 0.6 is 0 Å². The van der Waals surface area contributed by atoms with Crippen molar-refractivity contribution in [3.05, 3.63) is 89.5 Å².